The largest absolute Gasteiger partial charge is 0.345 e. The Hall–Kier alpha value is -2.35. The summed E-state index contributed by atoms with van der Waals surface area (Å²) < 4.78 is 3.36. The van der Waals surface area contributed by atoms with E-state index in [1.165, 1.54) is 10.9 Å². The molecule has 2 aliphatic rings. The zero-order valence-corrected chi connectivity index (χ0v) is 15.4. The van der Waals surface area contributed by atoms with E-state index in [0.717, 1.165) is 30.7 Å². The fourth-order valence-electron chi connectivity index (χ4n) is 3.43. The summed E-state index contributed by atoms with van der Waals surface area (Å²) in [4.78, 5) is 26.6. The van der Waals surface area contributed by atoms with Gasteiger partial charge in [0.2, 0.25) is 5.91 Å². The fourth-order valence-corrected chi connectivity index (χ4v) is 3.69. The molecule has 0 spiro atoms. The maximum atomic E-state index is 12.4. The Kier molecular flexibility index (Phi) is 4.44. The third kappa shape index (κ3) is 3.09. The molecule has 8 nitrogen and oxygen atoms in total. The molecule has 26 heavy (non-hydrogen) atoms. The summed E-state index contributed by atoms with van der Waals surface area (Å²) in [5, 5.41) is 11.6. The highest BCUT2D eigenvalue weighted by atomic mass is 35.5. The second-order valence-electron chi connectivity index (χ2n) is 6.89. The second-order valence-corrected chi connectivity index (χ2v) is 7.29. The molecular weight excluding hydrogens is 356 g/mol. The molecule has 0 radical (unpaired) electrons. The number of hydrogen-bond donors (Lipinski definition) is 1. The number of rotatable bonds is 4. The van der Waals surface area contributed by atoms with Gasteiger partial charge in [0.15, 0.2) is 0 Å². The van der Waals surface area contributed by atoms with E-state index in [4.69, 9.17) is 11.6 Å². The highest BCUT2D eigenvalue weighted by Gasteiger charge is 2.31. The Morgan fingerprint density at radius 3 is 2.81 bits per heavy atom. The van der Waals surface area contributed by atoms with Crippen LogP contribution in [0.15, 0.2) is 12.3 Å². The maximum absolute atomic E-state index is 12.4. The number of aromatic nitrogens is 4. The van der Waals surface area contributed by atoms with Crippen LogP contribution in [0, 0.1) is 5.92 Å². The average Bonchev–Trinajstić information content (AvgIpc) is 3.13. The van der Waals surface area contributed by atoms with Gasteiger partial charge < -0.3 is 10.2 Å². The molecule has 3 heterocycles. The van der Waals surface area contributed by atoms with Crippen LogP contribution < -0.4 is 5.32 Å². The van der Waals surface area contributed by atoms with E-state index in [-0.39, 0.29) is 17.7 Å². The first kappa shape index (κ1) is 17.1. The molecule has 9 heteroatoms. The van der Waals surface area contributed by atoms with Gasteiger partial charge >= 0.3 is 0 Å². The lowest BCUT2D eigenvalue weighted by molar-refractivity contribution is -0.139. The van der Waals surface area contributed by atoms with Crippen LogP contribution in [-0.2, 0) is 31.5 Å². The fraction of sp³-hybridized carbons (Fsp3) is 0.529. The van der Waals surface area contributed by atoms with Crippen LogP contribution in [-0.4, -0.2) is 42.8 Å². The van der Waals surface area contributed by atoms with Gasteiger partial charge in [-0.25, -0.2) is 0 Å². The van der Waals surface area contributed by atoms with Crippen molar-refractivity contribution in [1.82, 2.24) is 29.8 Å². The Labute approximate surface area is 156 Å². The highest BCUT2D eigenvalue weighted by Crippen LogP contribution is 2.29. The van der Waals surface area contributed by atoms with Gasteiger partial charge in [-0.1, -0.05) is 18.0 Å². The van der Waals surface area contributed by atoms with Gasteiger partial charge in [-0.3, -0.25) is 19.0 Å². The number of carbonyl (C=O) groups excluding carboxylic acids is 2. The minimum atomic E-state index is -0.289. The molecule has 0 atom stereocenters. The molecule has 0 aromatic carbocycles. The van der Waals surface area contributed by atoms with Gasteiger partial charge in [0.1, 0.15) is 5.69 Å². The summed E-state index contributed by atoms with van der Waals surface area (Å²) in [5.41, 5.74) is 2.10. The molecule has 1 N–H and O–H groups in total. The Balaban J connectivity index is 1.39. The third-order valence-corrected chi connectivity index (χ3v) is 5.43. The van der Waals surface area contributed by atoms with Crippen molar-refractivity contribution in [3.05, 3.63) is 34.4 Å². The van der Waals surface area contributed by atoms with Gasteiger partial charge in [0.05, 0.1) is 42.2 Å². The van der Waals surface area contributed by atoms with Crippen molar-refractivity contribution in [2.24, 2.45) is 13.0 Å². The molecule has 2 amide bonds. The number of hydrogen-bond acceptors (Lipinski definition) is 4. The summed E-state index contributed by atoms with van der Waals surface area (Å²) in [6.07, 6.45) is 4.64. The molecule has 4 rings (SSSR count). The van der Waals surface area contributed by atoms with Crippen LogP contribution >= 0.6 is 11.6 Å². The molecule has 1 saturated carbocycles. The standard InChI is InChI=1S/C17H21ClN6O2/c1-22-15(14(18)9-20-22)16(25)19-8-12-7-13-10-23(5-6-24(13)21-12)17(26)11-3-2-4-11/h7,9,11H,2-6,8,10H2,1H3,(H,19,25). The summed E-state index contributed by atoms with van der Waals surface area (Å²) >= 11 is 5.99. The molecule has 0 bridgehead atoms. The molecule has 2 aromatic heterocycles. The molecule has 1 aliphatic carbocycles. The number of nitrogens with zero attached hydrogens (tertiary/aromatic N) is 5. The third-order valence-electron chi connectivity index (χ3n) is 5.15. The summed E-state index contributed by atoms with van der Waals surface area (Å²) in [7, 11) is 1.67. The quantitative estimate of drug-likeness (QED) is 0.872. The van der Waals surface area contributed by atoms with E-state index in [0.29, 0.717) is 36.9 Å². The highest BCUT2D eigenvalue weighted by molar-refractivity contribution is 6.33. The van der Waals surface area contributed by atoms with E-state index in [1.54, 1.807) is 7.05 Å². The lowest BCUT2D eigenvalue weighted by Crippen LogP contribution is -2.43. The monoisotopic (exact) mass is 376 g/mol. The van der Waals surface area contributed by atoms with Crippen molar-refractivity contribution in [1.29, 1.82) is 0 Å². The summed E-state index contributed by atoms with van der Waals surface area (Å²) in [6.45, 7) is 2.27. The average molecular weight is 377 g/mol. The maximum Gasteiger partial charge on any atom is 0.271 e. The number of aryl methyl sites for hydroxylation is 1. The molecule has 0 unspecified atom stereocenters. The lowest BCUT2D eigenvalue weighted by Gasteiger charge is -2.34. The summed E-state index contributed by atoms with van der Waals surface area (Å²) in [6, 6.07) is 1.95. The van der Waals surface area contributed by atoms with E-state index in [9.17, 15) is 9.59 Å². The lowest BCUT2D eigenvalue weighted by atomic mass is 9.84. The van der Waals surface area contributed by atoms with Crippen molar-refractivity contribution >= 4 is 23.4 Å². The van der Waals surface area contributed by atoms with Gasteiger partial charge in [-0.05, 0) is 18.9 Å². The van der Waals surface area contributed by atoms with E-state index in [2.05, 4.69) is 15.5 Å². The molecular formula is C17H21ClN6O2. The predicted octanol–water partition coefficient (Wildman–Crippen LogP) is 1.34. The van der Waals surface area contributed by atoms with Crippen molar-refractivity contribution in [2.45, 2.75) is 38.9 Å². The number of fused-ring (bicyclic) bond motifs is 1. The van der Waals surface area contributed by atoms with Gasteiger partial charge in [-0.15, -0.1) is 0 Å². The molecule has 2 aromatic rings. The number of carbonyl (C=O) groups is 2. The molecule has 0 saturated heterocycles. The van der Waals surface area contributed by atoms with Crippen LogP contribution in [0.4, 0.5) is 0 Å². The van der Waals surface area contributed by atoms with Gasteiger partial charge in [0.25, 0.3) is 5.91 Å². The zero-order chi connectivity index (χ0) is 18.3. The topological polar surface area (TPSA) is 85.1 Å². The zero-order valence-electron chi connectivity index (χ0n) is 14.6. The van der Waals surface area contributed by atoms with Crippen LogP contribution in [0.2, 0.25) is 5.02 Å². The minimum absolute atomic E-state index is 0.215. The number of halogens is 1. The first-order valence-electron chi connectivity index (χ1n) is 8.83. The molecule has 1 aliphatic heterocycles. The van der Waals surface area contributed by atoms with E-state index < -0.39 is 0 Å². The van der Waals surface area contributed by atoms with Crippen LogP contribution in [0.25, 0.3) is 0 Å². The van der Waals surface area contributed by atoms with E-state index >= 15 is 0 Å². The Morgan fingerprint density at radius 2 is 2.15 bits per heavy atom. The van der Waals surface area contributed by atoms with Gasteiger partial charge in [0, 0.05) is 19.5 Å². The number of nitrogens with one attached hydrogen (secondary N) is 1. The van der Waals surface area contributed by atoms with Crippen molar-refractivity contribution in [3.63, 3.8) is 0 Å². The van der Waals surface area contributed by atoms with Crippen molar-refractivity contribution in [3.8, 4) is 0 Å². The predicted molar refractivity (Wildman–Crippen MR) is 94.4 cm³/mol. The Morgan fingerprint density at radius 1 is 1.35 bits per heavy atom. The smallest absolute Gasteiger partial charge is 0.271 e. The van der Waals surface area contributed by atoms with Crippen LogP contribution in [0.3, 0.4) is 0 Å². The Bertz CT molecular complexity index is 834. The van der Waals surface area contributed by atoms with Crippen molar-refractivity contribution in [2.75, 3.05) is 6.54 Å². The SMILES string of the molecule is Cn1ncc(Cl)c1C(=O)NCc1cc2n(n1)CCN(C(=O)C1CCC1)C2. The minimum Gasteiger partial charge on any atom is -0.345 e. The first-order valence-corrected chi connectivity index (χ1v) is 9.21. The van der Waals surface area contributed by atoms with E-state index in [1.807, 2.05) is 15.6 Å². The summed E-state index contributed by atoms with van der Waals surface area (Å²) in [5.74, 6) is 0.194. The van der Waals surface area contributed by atoms with Crippen LogP contribution in [0.1, 0.15) is 41.1 Å². The van der Waals surface area contributed by atoms with Crippen molar-refractivity contribution < 1.29 is 9.59 Å². The van der Waals surface area contributed by atoms with Gasteiger partial charge in [-0.2, -0.15) is 10.2 Å². The first-order chi connectivity index (χ1) is 12.5. The number of amides is 2. The normalized spacial score (nSPS) is 16.9. The molecule has 138 valence electrons. The second kappa shape index (κ2) is 6.75. The molecule has 1 fully saturated rings. The van der Waals surface area contributed by atoms with Crippen LogP contribution in [0.5, 0.6) is 0 Å².